The van der Waals surface area contributed by atoms with Gasteiger partial charge in [-0.05, 0) is 18.2 Å². The van der Waals surface area contributed by atoms with Gasteiger partial charge in [0.05, 0.1) is 5.56 Å². The van der Waals surface area contributed by atoms with Crippen molar-refractivity contribution in [2.24, 2.45) is 0 Å². The molecule has 1 N–H and O–H groups in total. The van der Waals surface area contributed by atoms with Crippen molar-refractivity contribution in [3.63, 3.8) is 0 Å². The Morgan fingerprint density at radius 2 is 1.94 bits per heavy atom. The van der Waals surface area contributed by atoms with Crippen LogP contribution in [-0.4, -0.2) is 25.6 Å². The summed E-state index contributed by atoms with van der Waals surface area (Å²) in [7, 11) is 0. The number of carboxylic acids is 1. The average Bonchev–Trinajstić information content (AvgIpc) is 2.82. The van der Waals surface area contributed by atoms with Crippen LogP contribution in [0.4, 0.5) is 0 Å². The Morgan fingerprint density at radius 1 is 1.17 bits per heavy atom. The summed E-state index contributed by atoms with van der Waals surface area (Å²) in [6.45, 7) is 0. The number of pyridine rings is 1. The molecule has 2 heterocycles. The maximum absolute atomic E-state index is 10.8. The second-order valence-corrected chi connectivity index (χ2v) is 3.82. The van der Waals surface area contributed by atoms with Crippen LogP contribution in [0.25, 0.3) is 16.9 Å². The van der Waals surface area contributed by atoms with Gasteiger partial charge in [-0.15, -0.1) is 0 Å². The molecule has 0 radical (unpaired) electrons. The number of para-hydroxylation sites is 1. The molecular weight excluding hydrogens is 230 g/mol. The summed E-state index contributed by atoms with van der Waals surface area (Å²) in [6, 6.07) is 11.2. The smallest absolute Gasteiger partial charge is 0.337 e. The number of aromatic nitrogens is 3. The molecule has 0 fully saturated rings. The number of imidazole rings is 1. The molecule has 0 saturated heterocycles. The normalized spacial score (nSPS) is 10.7. The number of fused-ring (bicyclic) bond motifs is 1. The zero-order chi connectivity index (χ0) is 12.5. The topological polar surface area (TPSA) is 68.0 Å². The molecule has 0 aliphatic heterocycles. The lowest BCUT2D eigenvalue weighted by Crippen LogP contribution is -1.98. The van der Waals surface area contributed by atoms with Gasteiger partial charge in [-0.25, -0.2) is 14.8 Å². The Bertz CT molecular complexity index is 719. The molecule has 0 spiro atoms. The summed E-state index contributed by atoms with van der Waals surface area (Å²) >= 11 is 0. The van der Waals surface area contributed by atoms with Crippen molar-refractivity contribution in [1.29, 1.82) is 0 Å². The highest BCUT2D eigenvalue weighted by Gasteiger charge is 2.09. The molecule has 3 aromatic rings. The van der Waals surface area contributed by atoms with E-state index in [1.54, 1.807) is 6.33 Å². The van der Waals surface area contributed by atoms with E-state index in [0.29, 0.717) is 11.2 Å². The van der Waals surface area contributed by atoms with E-state index in [9.17, 15) is 4.79 Å². The van der Waals surface area contributed by atoms with E-state index in [1.807, 2.05) is 34.9 Å². The van der Waals surface area contributed by atoms with Crippen molar-refractivity contribution in [2.45, 2.75) is 0 Å². The van der Waals surface area contributed by atoms with Gasteiger partial charge in [-0.1, -0.05) is 18.2 Å². The predicted molar refractivity (Wildman–Crippen MR) is 65.8 cm³/mol. The Labute approximate surface area is 102 Å². The van der Waals surface area contributed by atoms with Crippen molar-refractivity contribution >= 4 is 17.1 Å². The van der Waals surface area contributed by atoms with Crippen molar-refractivity contribution in [3.8, 4) is 5.69 Å². The molecule has 0 aliphatic carbocycles. The zero-order valence-electron chi connectivity index (χ0n) is 9.32. The molecule has 0 bridgehead atoms. The molecule has 88 valence electrons. The van der Waals surface area contributed by atoms with Gasteiger partial charge < -0.3 is 5.11 Å². The van der Waals surface area contributed by atoms with Crippen molar-refractivity contribution in [2.75, 3.05) is 0 Å². The first-order valence-corrected chi connectivity index (χ1v) is 5.37. The highest BCUT2D eigenvalue weighted by Crippen LogP contribution is 2.16. The Kier molecular flexibility index (Phi) is 2.30. The van der Waals surface area contributed by atoms with Crippen LogP contribution in [0.3, 0.4) is 0 Å². The second-order valence-electron chi connectivity index (χ2n) is 3.82. The van der Waals surface area contributed by atoms with Crippen molar-refractivity contribution in [3.05, 3.63) is 54.5 Å². The molecule has 1 aromatic carbocycles. The predicted octanol–water partition coefficient (Wildman–Crippen LogP) is 2.12. The average molecular weight is 239 g/mol. The first-order valence-electron chi connectivity index (χ1n) is 5.37. The van der Waals surface area contributed by atoms with Crippen LogP contribution in [0.5, 0.6) is 0 Å². The maximum atomic E-state index is 10.8. The van der Waals surface area contributed by atoms with E-state index >= 15 is 0 Å². The summed E-state index contributed by atoms with van der Waals surface area (Å²) in [4.78, 5) is 19.2. The Balaban J connectivity index is 2.19. The third-order valence-corrected chi connectivity index (χ3v) is 2.67. The van der Waals surface area contributed by atoms with Crippen LogP contribution in [-0.2, 0) is 0 Å². The van der Waals surface area contributed by atoms with E-state index in [4.69, 9.17) is 5.11 Å². The molecule has 5 heteroatoms. The van der Waals surface area contributed by atoms with Crippen molar-refractivity contribution < 1.29 is 9.90 Å². The molecule has 18 heavy (non-hydrogen) atoms. The summed E-state index contributed by atoms with van der Waals surface area (Å²) < 4.78 is 1.82. The first-order chi connectivity index (χ1) is 8.75. The van der Waals surface area contributed by atoms with E-state index in [-0.39, 0.29) is 5.56 Å². The van der Waals surface area contributed by atoms with Crippen LogP contribution in [0.2, 0.25) is 0 Å². The number of benzene rings is 1. The summed E-state index contributed by atoms with van der Waals surface area (Å²) in [5.41, 5.74) is 2.29. The third kappa shape index (κ3) is 1.62. The number of rotatable bonds is 2. The maximum Gasteiger partial charge on any atom is 0.337 e. The Morgan fingerprint density at radius 3 is 2.67 bits per heavy atom. The standard InChI is InChI=1S/C13H9N3O2/c17-13(18)9-6-11-12(14-7-9)16(8-15-11)10-4-2-1-3-5-10/h1-8H,(H,17,18). The van der Waals surface area contributed by atoms with Gasteiger partial charge in [-0.3, -0.25) is 4.57 Å². The van der Waals surface area contributed by atoms with Crippen LogP contribution >= 0.6 is 0 Å². The van der Waals surface area contributed by atoms with E-state index in [0.717, 1.165) is 5.69 Å². The van der Waals surface area contributed by atoms with E-state index in [2.05, 4.69) is 9.97 Å². The summed E-state index contributed by atoms with van der Waals surface area (Å²) in [5.74, 6) is -1.00. The van der Waals surface area contributed by atoms with Gasteiger partial charge in [0.2, 0.25) is 0 Å². The fourth-order valence-electron chi connectivity index (χ4n) is 1.80. The minimum absolute atomic E-state index is 0.140. The highest BCUT2D eigenvalue weighted by atomic mass is 16.4. The lowest BCUT2D eigenvalue weighted by molar-refractivity contribution is 0.0696. The zero-order valence-corrected chi connectivity index (χ0v) is 9.32. The fraction of sp³-hybridized carbons (Fsp3) is 0. The van der Waals surface area contributed by atoms with Crippen LogP contribution in [0, 0.1) is 0 Å². The first kappa shape index (κ1) is 10.5. The number of hydrogen-bond donors (Lipinski definition) is 1. The molecular formula is C13H9N3O2. The minimum atomic E-state index is -1.00. The van der Waals surface area contributed by atoms with Gasteiger partial charge in [0.15, 0.2) is 5.65 Å². The molecule has 0 unspecified atom stereocenters. The summed E-state index contributed by atoms with van der Waals surface area (Å²) in [6.07, 6.45) is 2.98. The van der Waals surface area contributed by atoms with Crippen LogP contribution in [0.1, 0.15) is 10.4 Å². The van der Waals surface area contributed by atoms with Crippen LogP contribution < -0.4 is 0 Å². The van der Waals surface area contributed by atoms with Gasteiger partial charge >= 0.3 is 5.97 Å². The number of hydrogen-bond acceptors (Lipinski definition) is 3. The number of carbonyl (C=O) groups is 1. The molecule has 0 amide bonds. The molecule has 0 aliphatic rings. The molecule has 3 rings (SSSR count). The van der Waals surface area contributed by atoms with Crippen molar-refractivity contribution in [1.82, 2.24) is 14.5 Å². The molecule has 5 nitrogen and oxygen atoms in total. The largest absolute Gasteiger partial charge is 0.478 e. The Hall–Kier alpha value is -2.69. The van der Waals surface area contributed by atoms with Gasteiger partial charge in [0.1, 0.15) is 11.8 Å². The van der Waals surface area contributed by atoms with Gasteiger partial charge in [0, 0.05) is 11.9 Å². The third-order valence-electron chi connectivity index (χ3n) is 2.67. The molecule has 2 aromatic heterocycles. The molecule has 0 saturated carbocycles. The lowest BCUT2D eigenvalue weighted by Gasteiger charge is -2.02. The molecule has 0 atom stereocenters. The summed E-state index contributed by atoms with van der Waals surface area (Å²) in [5, 5.41) is 8.89. The minimum Gasteiger partial charge on any atom is -0.478 e. The fourth-order valence-corrected chi connectivity index (χ4v) is 1.80. The van der Waals surface area contributed by atoms with Gasteiger partial charge in [-0.2, -0.15) is 0 Å². The van der Waals surface area contributed by atoms with E-state index < -0.39 is 5.97 Å². The monoisotopic (exact) mass is 239 g/mol. The lowest BCUT2D eigenvalue weighted by atomic mass is 10.2. The highest BCUT2D eigenvalue weighted by molar-refractivity contribution is 5.91. The SMILES string of the molecule is O=C(O)c1cnc2c(c1)ncn2-c1ccccc1. The number of carboxylic acid groups (broad SMARTS) is 1. The van der Waals surface area contributed by atoms with Crippen LogP contribution in [0.15, 0.2) is 48.9 Å². The second kappa shape index (κ2) is 3.96. The number of aromatic carboxylic acids is 1. The van der Waals surface area contributed by atoms with Gasteiger partial charge in [0.25, 0.3) is 0 Å². The van der Waals surface area contributed by atoms with E-state index in [1.165, 1.54) is 12.3 Å². The quantitative estimate of drug-likeness (QED) is 0.743. The number of nitrogens with zero attached hydrogens (tertiary/aromatic N) is 3.